The Labute approximate surface area is 189 Å². The van der Waals surface area contributed by atoms with Gasteiger partial charge >= 0.3 is 6.36 Å². The maximum absolute atomic E-state index is 14.2. The minimum Gasteiger partial charge on any atom is -0.618 e. The molecule has 0 saturated carbocycles. The lowest BCUT2D eigenvalue weighted by molar-refractivity contribution is -0.603. The number of carbonyl (C=O) groups is 1. The van der Waals surface area contributed by atoms with Crippen molar-refractivity contribution in [3.05, 3.63) is 82.6 Å². The van der Waals surface area contributed by atoms with Gasteiger partial charge in [-0.3, -0.25) is 4.79 Å². The van der Waals surface area contributed by atoms with Crippen LogP contribution in [0.4, 0.5) is 17.6 Å². The molecule has 0 saturated heterocycles. The van der Waals surface area contributed by atoms with Crippen molar-refractivity contribution in [1.29, 1.82) is 0 Å². The van der Waals surface area contributed by atoms with Gasteiger partial charge in [-0.2, -0.15) is 4.73 Å². The predicted octanol–water partition coefficient (Wildman–Crippen LogP) is 3.27. The van der Waals surface area contributed by atoms with Crippen molar-refractivity contribution in [2.75, 3.05) is 6.54 Å². The lowest BCUT2D eigenvalue weighted by Crippen LogP contribution is -2.45. The summed E-state index contributed by atoms with van der Waals surface area (Å²) in [5.41, 5.74) is 1.70. The molecule has 0 N–H and O–H groups in total. The number of hydrogen-bond donors (Lipinski definition) is 0. The summed E-state index contributed by atoms with van der Waals surface area (Å²) in [7, 11) is 0. The van der Waals surface area contributed by atoms with E-state index in [1.807, 2.05) is 0 Å². The molecule has 3 aromatic heterocycles. The van der Waals surface area contributed by atoms with Gasteiger partial charge in [-0.05, 0) is 36.4 Å². The molecule has 4 aromatic rings. The highest BCUT2D eigenvalue weighted by Crippen LogP contribution is 2.27. The molecule has 0 aliphatic carbocycles. The topological polar surface area (TPSA) is 86.7 Å². The number of fused-ring (bicyclic) bond motifs is 2. The second kappa shape index (κ2) is 7.97. The predicted molar refractivity (Wildman–Crippen MR) is 109 cm³/mol. The molecule has 34 heavy (non-hydrogen) atoms. The van der Waals surface area contributed by atoms with E-state index < -0.39 is 23.8 Å². The van der Waals surface area contributed by atoms with Crippen LogP contribution < -0.4 is 9.47 Å². The fourth-order valence-corrected chi connectivity index (χ4v) is 3.99. The van der Waals surface area contributed by atoms with Gasteiger partial charge in [0.25, 0.3) is 5.91 Å². The molecular weight excluding hydrogens is 458 g/mol. The molecule has 0 unspecified atom stereocenters. The van der Waals surface area contributed by atoms with Gasteiger partial charge in [0, 0.05) is 24.7 Å². The monoisotopic (exact) mass is 473 g/mol. The van der Waals surface area contributed by atoms with Gasteiger partial charge in [0.2, 0.25) is 11.4 Å². The number of benzene rings is 1. The number of pyridine rings is 2. The lowest BCUT2D eigenvalue weighted by Gasteiger charge is -2.28. The van der Waals surface area contributed by atoms with Gasteiger partial charge in [-0.25, -0.2) is 8.91 Å². The maximum Gasteiger partial charge on any atom is 0.573 e. The first kappa shape index (κ1) is 21.6. The Morgan fingerprint density at radius 1 is 1.15 bits per heavy atom. The molecule has 4 heterocycles. The van der Waals surface area contributed by atoms with E-state index in [9.17, 15) is 27.6 Å². The van der Waals surface area contributed by atoms with Crippen LogP contribution in [0.15, 0.2) is 54.7 Å². The molecule has 1 amide bonds. The number of aromatic nitrogens is 4. The van der Waals surface area contributed by atoms with E-state index in [2.05, 4.69) is 15.0 Å². The molecule has 0 atom stereocenters. The van der Waals surface area contributed by atoms with Crippen molar-refractivity contribution in [3.8, 4) is 17.1 Å². The van der Waals surface area contributed by atoms with Gasteiger partial charge in [0.15, 0.2) is 0 Å². The number of hydrogen-bond acceptors (Lipinski definition) is 5. The number of alkyl halides is 3. The molecule has 0 spiro atoms. The van der Waals surface area contributed by atoms with E-state index in [0.29, 0.717) is 15.9 Å². The average Bonchev–Trinajstić information content (AvgIpc) is 3.26. The maximum atomic E-state index is 14.2. The van der Waals surface area contributed by atoms with Gasteiger partial charge < -0.3 is 14.8 Å². The quantitative estimate of drug-likeness (QED) is 0.258. The van der Waals surface area contributed by atoms with Crippen molar-refractivity contribution in [2.24, 2.45) is 0 Å². The van der Waals surface area contributed by atoms with E-state index in [-0.39, 0.29) is 42.0 Å². The molecule has 0 radical (unpaired) electrons. The molecule has 8 nitrogen and oxygen atoms in total. The minimum atomic E-state index is -4.93. The Bertz CT molecular complexity index is 1420. The number of amides is 1. The first-order valence-corrected chi connectivity index (χ1v) is 10.1. The van der Waals surface area contributed by atoms with Crippen LogP contribution in [0, 0.1) is 11.0 Å². The molecule has 1 aliphatic heterocycles. The Balaban J connectivity index is 1.44. The standard InChI is InChI=1S/C22H15F4N5O3/c23-17-6-4-15(34-22(24,25)26)10-13(17)12-29-9-8-18-16(21(29)32)5-7-20(31(18)33)19-3-1-2-14-11-27-28-30(14)19/h1-7,10-11H,8-9,12H2. The van der Waals surface area contributed by atoms with Crippen molar-refractivity contribution in [2.45, 2.75) is 19.3 Å². The Morgan fingerprint density at radius 3 is 2.76 bits per heavy atom. The van der Waals surface area contributed by atoms with Crippen LogP contribution in [0.3, 0.4) is 0 Å². The molecule has 174 valence electrons. The first-order chi connectivity index (χ1) is 16.2. The third-order valence-corrected chi connectivity index (χ3v) is 5.52. The second-order valence-electron chi connectivity index (χ2n) is 7.63. The largest absolute Gasteiger partial charge is 0.618 e. The zero-order valence-electron chi connectivity index (χ0n) is 17.3. The summed E-state index contributed by atoms with van der Waals surface area (Å²) in [6, 6.07) is 10.8. The van der Waals surface area contributed by atoms with E-state index in [1.165, 1.54) is 21.5 Å². The van der Waals surface area contributed by atoms with Crippen molar-refractivity contribution in [3.63, 3.8) is 0 Å². The number of carbonyl (C=O) groups excluding carboxylic acids is 1. The highest BCUT2D eigenvalue weighted by atomic mass is 19.4. The van der Waals surface area contributed by atoms with Crippen LogP contribution in [0.5, 0.6) is 5.75 Å². The average molecular weight is 473 g/mol. The SMILES string of the molecule is O=C1c2ccc(-c3cccc4cnnn34)[n+]([O-])c2CCN1Cc1cc(OC(F)(F)F)ccc1F. The van der Waals surface area contributed by atoms with E-state index in [4.69, 9.17) is 0 Å². The minimum absolute atomic E-state index is 0.0782. The third kappa shape index (κ3) is 3.87. The Hall–Kier alpha value is -4.22. The fourth-order valence-electron chi connectivity index (χ4n) is 3.99. The highest BCUT2D eigenvalue weighted by Gasteiger charge is 2.33. The molecule has 5 rings (SSSR count). The van der Waals surface area contributed by atoms with E-state index in [1.54, 1.807) is 24.4 Å². The number of ether oxygens (including phenoxy) is 1. The highest BCUT2D eigenvalue weighted by molar-refractivity contribution is 5.96. The second-order valence-corrected chi connectivity index (χ2v) is 7.63. The Kier molecular flexibility index (Phi) is 5.07. The van der Waals surface area contributed by atoms with Crippen LogP contribution >= 0.6 is 0 Å². The number of nitrogens with zero attached hydrogens (tertiary/aromatic N) is 5. The smallest absolute Gasteiger partial charge is 0.573 e. The van der Waals surface area contributed by atoms with Crippen LogP contribution in [0.2, 0.25) is 0 Å². The van der Waals surface area contributed by atoms with Crippen LogP contribution in [0.25, 0.3) is 16.9 Å². The van der Waals surface area contributed by atoms with Gasteiger partial charge in [-0.15, -0.1) is 18.3 Å². The normalized spacial score (nSPS) is 13.9. The van der Waals surface area contributed by atoms with E-state index in [0.717, 1.165) is 18.2 Å². The Morgan fingerprint density at radius 2 is 1.97 bits per heavy atom. The number of halogens is 4. The van der Waals surface area contributed by atoms with Gasteiger partial charge in [-0.1, -0.05) is 11.3 Å². The number of rotatable bonds is 4. The molecular formula is C22H15F4N5O3. The summed E-state index contributed by atoms with van der Waals surface area (Å²) >= 11 is 0. The molecule has 0 bridgehead atoms. The van der Waals surface area contributed by atoms with Crippen molar-refractivity contribution in [1.82, 2.24) is 19.7 Å². The third-order valence-electron chi connectivity index (χ3n) is 5.52. The summed E-state index contributed by atoms with van der Waals surface area (Å²) in [6.07, 6.45) is -3.20. The van der Waals surface area contributed by atoms with Crippen LogP contribution in [0.1, 0.15) is 21.6 Å². The zero-order chi connectivity index (χ0) is 24.0. The molecule has 0 fully saturated rings. The summed E-state index contributed by atoms with van der Waals surface area (Å²) in [5.74, 6) is -1.89. The summed E-state index contributed by atoms with van der Waals surface area (Å²) in [5, 5.41) is 20.9. The van der Waals surface area contributed by atoms with E-state index >= 15 is 0 Å². The van der Waals surface area contributed by atoms with Crippen molar-refractivity contribution >= 4 is 11.4 Å². The van der Waals surface area contributed by atoms with Gasteiger partial charge in [0.05, 0.1) is 18.1 Å². The summed E-state index contributed by atoms with van der Waals surface area (Å²) in [6.45, 7) is -0.202. The fraction of sp³-hybridized carbons (Fsp3) is 0.182. The first-order valence-electron chi connectivity index (χ1n) is 10.1. The summed E-state index contributed by atoms with van der Waals surface area (Å²) < 4.78 is 57.8. The lowest BCUT2D eigenvalue weighted by atomic mass is 10.0. The summed E-state index contributed by atoms with van der Waals surface area (Å²) in [4.78, 5) is 14.3. The molecule has 12 heteroatoms. The van der Waals surface area contributed by atoms with Crippen molar-refractivity contribution < 1.29 is 31.8 Å². The van der Waals surface area contributed by atoms with Gasteiger partial charge in [0.1, 0.15) is 22.8 Å². The van der Waals surface area contributed by atoms with Crippen LogP contribution in [-0.4, -0.2) is 38.5 Å². The zero-order valence-corrected chi connectivity index (χ0v) is 17.3. The molecule has 1 aromatic carbocycles. The molecule has 1 aliphatic rings. The van der Waals surface area contributed by atoms with Crippen LogP contribution in [-0.2, 0) is 13.0 Å².